The standard InChI is InChI=1S/C23H31N3O2/c1-16-10-12-26(13-11-16)18-8-6-17(7-9-18)15-24-22(27)14-20-19-4-2-3-5-21(19)25-23(20)28/h6-9,16,21H,2-5,10-15H2,1H3,(H,24,27)(H,25,28). The van der Waals surface area contributed by atoms with E-state index in [2.05, 4.69) is 46.7 Å². The Morgan fingerprint density at radius 1 is 1.14 bits per heavy atom. The first-order valence-corrected chi connectivity index (χ1v) is 10.7. The maximum absolute atomic E-state index is 12.4. The summed E-state index contributed by atoms with van der Waals surface area (Å²) in [7, 11) is 0. The van der Waals surface area contributed by atoms with Crippen LogP contribution in [-0.2, 0) is 16.1 Å². The Balaban J connectivity index is 1.29. The Bertz CT molecular complexity index is 761. The summed E-state index contributed by atoms with van der Waals surface area (Å²) < 4.78 is 0. The Hall–Kier alpha value is -2.30. The van der Waals surface area contributed by atoms with Crippen LogP contribution in [0.25, 0.3) is 0 Å². The van der Waals surface area contributed by atoms with Gasteiger partial charge in [0.1, 0.15) is 0 Å². The number of fused-ring (bicyclic) bond motifs is 1. The van der Waals surface area contributed by atoms with Gasteiger partial charge in [0.05, 0.1) is 12.5 Å². The van der Waals surface area contributed by atoms with E-state index in [9.17, 15) is 9.59 Å². The molecule has 1 aromatic carbocycles. The van der Waals surface area contributed by atoms with Crippen LogP contribution in [0.2, 0.25) is 0 Å². The molecule has 2 fully saturated rings. The summed E-state index contributed by atoms with van der Waals surface area (Å²) in [4.78, 5) is 27.0. The van der Waals surface area contributed by atoms with Gasteiger partial charge in [-0.25, -0.2) is 0 Å². The second-order valence-corrected chi connectivity index (χ2v) is 8.57. The molecule has 150 valence electrons. The maximum atomic E-state index is 12.4. The van der Waals surface area contributed by atoms with Gasteiger partial charge in [-0.2, -0.15) is 0 Å². The van der Waals surface area contributed by atoms with E-state index in [1.807, 2.05) is 0 Å². The molecule has 4 rings (SSSR count). The number of rotatable bonds is 5. The molecule has 3 aliphatic rings. The van der Waals surface area contributed by atoms with E-state index in [1.54, 1.807) is 0 Å². The van der Waals surface area contributed by atoms with Crippen LogP contribution in [0, 0.1) is 5.92 Å². The maximum Gasteiger partial charge on any atom is 0.248 e. The molecule has 5 heteroatoms. The number of hydrogen-bond donors (Lipinski definition) is 2. The molecule has 0 radical (unpaired) electrons. The number of carbonyl (C=O) groups is 2. The lowest BCUT2D eigenvalue weighted by molar-refractivity contribution is -0.123. The summed E-state index contributed by atoms with van der Waals surface area (Å²) in [6.07, 6.45) is 6.93. The monoisotopic (exact) mass is 381 g/mol. The van der Waals surface area contributed by atoms with Gasteiger partial charge in [-0.1, -0.05) is 25.5 Å². The van der Waals surface area contributed by atoms with Crippen molar-refractivity contribution in [2.24, 2.45) is 5.92 Å². The van der Waals surface area contributed by atoms with Crippen LogP contribution >= 0.6 is 0 Å². The molecule has 1 unspecified atom stereocenters. The second kappa shape index (κ2) is 8.38. The minimum Gasteiger partial charge on any atom is -0.372 e. The van der Waals surface area contributed by atoms with Crippen LogP contribution in [0.15, 0.2) is 35.4 Å². The van der Waals surface area contributed by atoms with Crippen LogP contribution < -0.4 is 15.5 Å². The topological polar surface area (TPSA) is 61.4 Å². The first-order valence-electron chi connectivity index (χ1n) is 10.7. The zero-order valence-corrected chi connectivity index (χ0v) is 16.8. The smallest absolute Gasteiger partial charge is 0.248 e. The molecule has 5 nitrogen and oxygen atoms in total. The van der Waals surface area contributed by atoms with Gasteiger partial charge in [0.2, 0.25) is 11.8 Å². The highest BCUT2D eigenvalue weighted by atomic mass is 16.2. The number of carbonyl (C=O) groups excluding carboxylic acids is 2. The predicted octanol–water partition coefficient (Wildman–Crippen LogP) is 3.30. The van der Waals surface area contributed by atoms with Crippen molar-refractivity contribution in [1.82, 2.24) is 10.6 Å². The first-order chi connectivity index (χ1) is 13.6. The van der Waals surface area contributed by atoms with E-state index in [4.69, 9.17) is 0 Å². The lowest BCUT2D eigenvalue weighted by Gasteiger charge is -2.32. The zero-order chi connectivity index (χ0) is 19.5. The van der Waals surface area contributed by atoms with Crippen molar-refractivity contribution in [3.63, 3.8) is 0 Å². The van der Waals surface area contributed by atoms with E-state index in [1.165, 1.54) is 24.1 Å². The molecule has 1 atom stereocenters. The van der Waals surface area contributed by atoms with Gasteiger partial charge >= 0.3 is 0 Å². The van der Waals surface area contributed by atoms with Crippen LogP contribution in [0.1, 0.15) is 57.4 Å². The van der Waals surface area contributed by atoms with Crippen LogP contribution in [0.5, 0.6) is 0 Å². The number of hydrogen-bond acceptors (Lipinski definition) is 3. The number of benzene rings is 1. The van der Waals surface area contributed by atoms with Gasteiger partial charge < -0.3 is 15.5 Å². The lowest BCUT2D eigenvalue weighted by atomic mass is 9.88. The lowest BCUT2D eigenvalue weighted by Crippen LogP contribution is -2.32. The van der Waals surface area contributed by atoms with E-state index < -0.39 is 0 Å². The van der Waals surface area contributed by atoms with Crippen molar-refractivity contribution in [1.29, 1.82) is 0 Å². The fourth-order valence-electron chi connectivity index (χ4n) is 4.63. The van der Waals surface area contributed by atoms with Crippen molar-refractivity contribution in [3.05, 3.63) is 41.0 Å². The van der Waals surface area contributed by atoms with E-state index >= 15 is 0 Å². The molecule has 0 aromatic heterocycles. The molecule has 2 heterocycles. The second-order valence-electron chi connectivity index (χ2n) is 8.57. The Kier molecular flexibility index (Phi) is 5.69. The third kappa shape index (κ3) is 4.23. The quantitative estimate of drug-likeness (QED) is 0.823. The third-order valence-electron chi connectivity index (χ3n) is 6.49. The van der Waals surface area contributed by atoms with Crippen molar-refractivity contribution in [2.75, 3.05) is 18.0 Å². The van der Waals surface area contributed by atoms with Crippen molar-refractivity contribution in [2.45, 2.75) is 64.5 Å². The molecule has 0 bridgehead atoms. The Morgan fingerprint density at radius 3 is 2.64 bits per heavy atom. The van der Waals surface area contributed by atoms with Gasteiger partial charge in [-0.3, -0.25) is 9.59 Å². The average Bonchev–Trinajstić information content (AvgIpc) is 3.03. The first kappa shape index (κ1) is 19.0. The molecule has 1 saturated carbocycles. The van der Waals surface area contributed by atoms with E-state index in [0.717, 1.165) is 50.3 Å². The number of nitrogens with zero attached hydrogens (tertiary/aromatic N) is 1. The molecule has 2 aliphatic heterocycles. The molecule has 2 amide bonds. The average molecular weight is 382 g/mol. The fourth-order valence-corrected chi connectivity index (χ4v) is 4.63. The molecule has 1 aromatic rings. The summed E-state index contributed by atoms with van der Waals surface area (Å²) in [5, 5.41) is 6.01. The van der Waals surface area contributed by atoms with Gasteiger partial charge in [-0.15, -0.1) is 0 Å². The molecule has 28 heavy (non-hydrogen) atoms. The van der Waals surface area contributed by atoms with E-state index in [-0.39, 0.29) is 24.3 Å². The SMILES string of the molecule is CC1CCN(c2ccc(CNC(=O)CC3=C4CCCCC4NC3=O)cc2)CC1. The van der Waals surface area contributed by atoms with Gasteiger partial charge in [0, 0.05) is 30.9 Å². The molecular weight excluding hydrogens is 350 g/mol. The summed E-state index contributed by atoms with van der Waals surface area (Å²) in [6.45, 7) is 5.07. The number of anilines is 1. The van der Waals surface area contributed by atoms with Crippen LogP contribution in [-0.4, -0.2) is 30.9 Å². The van der Waals surface area contributed by atoms with Gasteiger partial charge in [0.25, 0.3) is 0 Å². The van der Waals surface area contributed by atoms with Gasteiger partial charge in [-0.05, 0) is 61.3 Å². The number of piperidine rings is 1. The minimum absolute atomic E-state index is 0.0442. The molecule has 0 spiro atoms. The van der Waals surface area contributed by atoms with Crippen LogP contribution in [0.4, 0.5) is 5.69 Å². The predicted molar refractivity (Wildman–Crippen MR) is 111 cm³/mol. The minimum atomic E-state index is -0.0713. The fraction of sp³-hybridized carbons (Fsp3) is 0.565. The van der Waals surface area contributed by atoms with Gasteiger partial charge in [0.15, 0.2) is 0 Å². The largest absolute Gasteiger partial charge is 0.372 e. The summed E-state index contributed by atoms with van der Waals surface area (Å²) in [5.41, 5.74) is 4.23. The highest BCUT2D eigenvalue weighted by Gasteiger charge is 2.33. The number of nitrogens with one attached hydrogen (secondary N) is 2. The van der Waals surface area contributed by atoms with Crippen molar-refractivity contribution < 1.29 is 9.59 Å². The third-order valence-corrected chi connectivity index (χ3v) is 6.49. The normalized spacial score (nSPS) is 22.8. The zero-order valence-electron chi connectivity index (χ0n) is 16.8. The highest BCUT2D eigenvalue weighted by Crippen LogP contribution is 2.32. The van der Waals surface area contributed by atoms with Crippen molar-refractivity contribution in [3.8, 4) is 0 Å². The van der Waals surface area contributed by atoms with Crippen LogP contribution in [0.3, 0.4) is 0 Å². The Morgan fingerprint density at radius 2 is 1.89 bits per heavy atom. The summed E-state index contributed by atoms with van der Waals surface area (Å²) >= 11 is 0. The highest BCUT2D eigenvalue weighted by molar-refractivity contribution is 6.02. The molecular formula is C23H31N3O2. The summed E-state index contributed by atoms with van der Waals surface area (Å²) in [5.74, 6) is 0.711. The number of amides is 2. The Labute approximate surface area is 167 Å². The molecule has 1 aliphatic carbocycles. The van der Waals surface area contributed by atoms with E-state index in [0.29, 0.717) is 12.1 Å². The molecule has 1 saturated heterocycles. The molecule has 2 N–H and O–H groups in total. The van der Waals surface area contributed by atoms with Crippen molar-refractivity contribution >= 4 is 17.5 Å². The summed E-state index contributed by atoms with van der Waals surface area (Å²) in [6, 6.07) is 8.66.